The number of hydrogen-bond donors (Lipinski definition) is 2. The van der Waals surface area contributed by atoms with Crippen LogP contribution in [0.3, 0.4) is 0 Å². The smallest absolute Gasteiger partial charge is 0.243 e. The molecule has 0 aliphatic carbocycles. The molecule has 2 rings (SSSR count). The van der Waals surface area contributed by atoms with Crippen molar-refractivity contribution in [2.24, 2.45) is 0 Å². The van der Waals surface area contributed by atoms with E-state index in [0.717, 1.165) is 12.4 Å². The van der Waals surface area contributed by atoms with Gasteiger partial charge in [-0.15, -0.1) is 0 Å². The van der Waals surface area contributed by atoms with E-state index < -0.39 is 26.6 Å². The lowest BCUT2D eigenvalue weighted by molar-refractivity contribution is 0.377. The van der Waals surface area contributed by atoms with Crippen LogP contribution in [0, 0.1) is 11.6 Å². The lowest BCUT2D eigenvalue weighted by Crippen LogP contribution is -2.27. The molecule has 0 aliphatic heterocycles. The second kappa shape index (κ2) is 5.51. The van der Waals surface area contributed by atoms with E-state index in [1.54, 1.807) is 0 Å². The van der Waals surface area contributed by atoms with Crippen molar-refractivity contribution in [3.63, 3.8) is 0 Å². The molecule has 0 aliphatic rings. The zero-order valence-electron chi connectivity index (χ0n) is 10.0. The summed E-state index contributed by atoms with van der Waals surface area (Å²) in [5, 5.41) is 3.34. The third-order valence-corrected chi connectivity index (χ3v) is 3.80. The molecule has 0 amide bonds. The summed E-state index contributed by atoms with van der Waals surface area (Å²) in [5.41, 5.74) is 5.11. The maximum absolute atomic E-state index is 13.5. The fourth-order valence-corrected chi connectivity index (χ4v) is 2.61. The van der Waals surface area contributed by atoms with Crippen LogP contribution in [-0.2, 0) is 16.4 Å². The average Bonchev–Trinajstić information content (AvgIpc) is 2.86. The summed E-state index contributed by atoms with van der Waals surface area (Å²) in [5.74, 6) is -2.60. The normalized spacial score (nSPS) is 11.7. The van der Waals surface area contributed by atoms with Gasteiger partial charge in [0, 0.05) is 18.7 Å². The lowest BCUT2D eigenvalue weighted by Gasteiger charge is -2.08. The second-order valence-electron chi connectivity index (χ2n) is 3.80. The summed E-state index contributed by atoms with van der Waals surface area (Å²) in [7, 11) is -4.22. The number of anilines is 1. The van der Waals surface area contributed by atoms with E-state index in [4.69, 9.17) is 5.73 Å². The molecule has 2 aromatic rings. The van der Waals surface area contributed by atoms with E-state index >= 15 is 0 Å². The van der Waals surface area contributed by atoms with Gasteiger partial charge in [0.15, 0.2) is 18.0 Å². The Bertz CT molecular complexity index is 704. The van der Waals surface area contributed by atoms with Gasteiger partial charge in [-0.25, -0.2) is 21.9 Å². The zero-order valence-corrected chi connectivity index (χ0v) is 10.8. The predicted molar refractivity (Wildman–Crippen MR) is 64.0 cm³/mol. The number of halogens is 2. The Balaban J connectivity index is 2.14. The molecule has 1 aromatic carbocycles. The highest BCUT2D eigenvalue weighted by Crippen LogP contribution is 2.20. The fraction of sp³-hybridized carbons (Fsp3) is 0.200. The van der Waals surface area contributed by atoms with Gasteiger partial charge in [-0.2, -0.15) is 4.98 Å². The molecule has 0 atom stereocenters. The third kappa shape index (κ3) is 3.08. The highest BCUT2D eigenvalue weighted by atomic mass is 32.2. The van der Waals surface area contributed by atoms with Gasteiger partial charge in [0.2, 0.25) is 15.9 Å². The third-order valence-electron chi connectivity index (χ3n) is 2.34. The molecule has 108 valence electrons. The Kier molecular flexibility index (Phi) is 3.95. The van der Waals surface area contributed by atoms with Crippen molar-refractivity contribution >= 4 is 15.7 Å². The number of nitrogens with zero attached hydrogens (tertiary/aromatic N) is 2. The molecular weight excluding hydrogens is 294 g/mol. The summed E-state index contributed by atoms with van der Waals surface area (Å²) >= 11 is 0. The number of hydrogen-bond acceptors (Lipinski definition) is 6. The van der Waals surface area contributed by atoms with Crippen molar-refractivity contribution in [2.75, 3.05) is 12.3 Å². The van der Waals surface area contributed by atoms with E-state index in [1.807, 2.05) is 0 Å². The van der Waals surface area contributed by atoms with E-state index in [2.05, 4.69) is 19.4 Å². The first-order chi connectivity index (χ1) is 9.40. The molecule has 0 bridgehead atoms. The monoisotopic (exact) mass is 304 g/mol. The molecule has 1 aromatic heterocycles. The molecule has 0 saturated carbocycles. The van der Waals surface area contributed by atoms with Crippen LogP contribution in [0.2, 0.25) is 0 Å². The van der Waals surface area contributed by atoms with Crippen LogP contribution >= 0.6 is 0 Å². The number of nitrogens with one attached hydrogen (secondary N) is 1. The van der Waals surface area contributed by atoms with Crippen LogP contribution in [-0.4, -0.2) is 25.1 Å². The largest absolute Gasteiger partial charge is 0.399 e. The minimum Gasteiger partial charge on any atom is -0.399 e. The van der Waals surface area contributed by atoms with Crippen molar-refractivity contribution < 1.29 is 21.7 Å². The molecular formula is C10H10F2N4O3S. The minimum absolute atomic E-state index is 0.111. The lowest BCUT2D eigenvalue weighted by atomic mass is 10.3. The maximum Gasteiger partial charge on any atom is 0.243 e. The van der Waals surface area contributed by atoms with Crippen molar-refractivity contribution in [3.05, 3.63) is 36.0 Å². The maximum atomic E-state index is 13.5. The van der Waals surface area contributed by atoms with Crippen LogP contribution in [0.5, 0.6) is 0 Å². The number of rotatable bonds is 5. The molecule has 0 saturated heterocycles. The Morgan fingerprint density at radius 3 is 2.75 bits per heavy atom. The quantitative estimate of drug-likeness (QED) is 0.776. The summed E-state index contributed by atoms with van der Waals surface area (Å²) in [6.45, 7) is -0.111. The number of nitrogen functional groups attached to an aromatic ring is 1. The van der Waals surface area contributed by atoms with Crippen LogP contribution in [0.1, 0.15) is 5.89 Å². The standard InChI is InChI=1S/C10H10F2N4O3S/c11-7-3-6(13)4-8(10(7)12)20(17,18)16-2-1-9-14-5-15-19-9/h3-5,16H,1-2,13H2. The van der Waals surface area contributed by atoms with Crippen LogP contribution < -0.4 is 10.5 Å². The number of aromatic nitrogens is 2. The Morgan fingerprint density at radius 1 is 1.35 bits per heavy atom. The van der Waals surface area contributed by atoms with Gasteiger partial charge in [0.1, 0.15) is 4.90 Å². The Morgan fingerprint density at radius 2 is 2.10 bits per heavy atom. The molecule has 3 N–H and O–H groups in total. The van der Waals surface area contributed by atoms with Crippen LogP contribution in [0.4, 0.5) is 14.5 Å². The highest BCUT2D eigenvalue weighted by Gasteiger charge is 2.22. The number of sulfonamides is 1. The summed E-state index contributed by atoms with van der Waals surface area (Å²) < 4.78 is 57.1. The van der Waals surface area contributed by atoms with Gasteiger partial charge in [-0.05, 0) is 12.1 Å². The van der Waals surface area contributed by atoms with E-state index in [-0.39, 0.29) is 24.5 Å². The van der Waals surface area contributed by atoms with Crippen LogP contribution in [0.15, 0.2) is 27.9 Å². The Hall–Kier alpha value is -2.07. The van der Waals surface area contributed by atoms with Gasteiger partial charge in [-0.3, -0.25) is 0 Å². The first kappa shape index (κ1) is 14.3. The highest BCUT2D eigenvalue weighted by molar-refractivity contribution is 7.89. The SMILES string of the molecule is Nc1cc(F)c(F)c(S(=O)(=O)NCCc2ncno2)c1. The second-order valence-corrected chi connectivity index (χ2v) is 5.53. The topological polar surface area (TPSA) is 111 Å². The summed E-state index contributed by atoms with van der Waals surface area (Å²) in [6, 6.07) is 1.54. The van der Waals surface area contributed by atoms with Gasteiger partial charge in [0.05, 0.1) is 0 Å². The summed E-state index contributed by atoms with van der Waals surface area (Å²) in [4.78, 5) is 2.84. The molecule has 0 fully saturated rings. The van der Waals surface area contributed by atoms with Crippen molar-refractivity contribution in [1.82, 2.24) is 14.9 Å². The fourth-order valence-electron chi connectivity index (χ4n) is 1.46. The first-order valence-electron chi connectivity index (χ1n) is 5.40. The molecule has 0 spiro atoms. The van der Waals surface area contributed by atoms with Gasteiger partial charge in [-0.1, -0.05) is 5.16 Å². The molecule has 0 unspecified atom stereocenters. The number of benzene rings is 1. The van der Waals surface area contributed by atoms with Gasteiger partial charge in [0.25, 0.3) is 0 Å². The van der Waals surface area contributed by atoms with E-state index in [0.29, 0.717) is 6.07 Å². The molecule has 1 heterocycles. The van der Waals surface area contributed by atoms with Crippen LogP contribution in [0.25, 0.3) is 0 Å². The van der Waals surface area contributed by atoms with Crippen molar-refractivity contribution in [1.29, 1.82) is 0 Å². The summed E-state index contributed by atoms with van der Waals surface area (Å²) in [6.07, 6.45) is 1.28. The van der Waals surface area contributed by atoms with Gasteiger partial charge < -0.3 is 10.3 Å². The molecule has 0 radical (unpaired) electrons. The van der Waals surface area contributed by atoms with Gasteiger partial charge >= 0.3 is 0 Å². The van der Waals surface area contributed by atoms with E-state index in [9.17, 15) is 17.2 Å². The van der Waals surface area contributed by atoms with Crippen molar-refractivity contribution in [2.45, 2.75) is 11.3 Å². The molecule has 20 heavy (non-hydrogen) atoms. The number of nitrogens with two attached hydrogens (primary N) is 1. The van der Waals surface area contributed by atoms with Crippen molar-refractivity contribution in [3.8, 4) is 0 Å². The predicted octanol–water partition coefficient (Wildman–Crippen LogP) is 0.451. The Labute approximate surface area is 112 Å². The first-order valence-corrected chi connectivity index (χ1v) is 6.88. The molecule has 10 heteroatoms. The van der Waals surface area contributed by atoms with E-state index in [1.165, 1.54) is 0 Å². The molecule has 7 nitrogen and oxygen atoms in total. The average molecular weight is 304 g/mol. The minimum atomic E-state index is -4.22. The zero-order chi connectivity index (χ0) is 14.8.